The van der Waals surface area contributed by atoms with Crippen LogP contribution in [-0.2, 0) is 6.54 Å². The average Bonchev–Trinajstić information content (AvgIpc) is 2.49. The Bertz CT molecular complexity index is 444. The molecular weight excluding hydrogens is 270 g/mol. The minimum atomic E-state index is -0.580. The summed E-state index contributed by atoms with van der Waals surface area (Å²) < 4.78 is 10.3. The number of rotatable bonds is 6. The van der Waals surface area contributed by atoms with Gasteiger partial charge in [0.2, 0.25) is 5.75 Å². The van der Waals surface area contributed by atoms with Gasteiger partial charge >= 0.3 is 0 Å². The van der Waals surface area contributed by atoms with Crippen LogP contribution in [0, 0.1) is 0 Å². The lowest BCUT2D eigenvalue weighted by molar-refractivity contribution is 0.00467. The van der Waals surface area contributed by atoms with Crippen molar-refractivity contribution in [3.8, 4) is 17.2 Å². The van der Waals surface area contributed by atoms with E-state index in [9.17, 15) is 10.2 Å². The van der Waals surface area contributed by atoms with E-state index in [1.807, 2.05) is 0 Å². The van der Waals surface area contributed by atoms with Crippen molar-refractivity contribution in [2.45, 2.75) is 44.2 Å². The Morgan fingerprint density at radius 1 is 1.10 bits per heavy atom. The molecule has 2 rings (SSSR count). The number of aliphatic hydroxyl groups is 1. The predicted molar refractivity (Wildman–Crippen MR) is 81.0 cm³/mol. The molecule has 1 aromatic carbocycles. The number of benzene rings is 1. The molecule has 0 aromatic heterocycles. The molecule has 0 radical (unpaired) electrons. The molecule has 0 aliphatic heterocycles. The van der Waals surface area contributed by atoms with Crippen LogP contribution in [0.5, 0.6) is 17.2 Å². The van der Waals surface area contributed by atoms with Crippen molar-refractivity contribution >= 4 is 0 Å². The first-order chi connectivity index (χ1) is 10.1. The lowest BCUT2D eigenvalue weighted by atomic mass is 9.85. The minimum Gasteiger partial charge on any atom is -0.502 e. The summed E-state index contributed by atoms with van der Waals surface area (Å²) >= 11 is 0. The fourth-order valence-corrected chi connectivity index (χ4v) is 2.88. The normalized spacial score (nSPS) is 17.5. The van der Waals surface area contributed by atoms with Gasteiger partial charge in [0, 0.05) is 13.1 Å². The predicted octanol–water partition coefficient (Wildman–Crippen LogP) is 2.19. The largest absolute Gasteiger partial charge is 0.502 e. The fourth-order valence-electron chi connectivity index (χ4n) is 2.88. The second-order valence-electron chi connectivity index (χ2n) is 5.74. The zero-order chi connectivity index (χ0) is 15.3. The number of phenols is 1. The Hall–Kier alpha value is -1.46. The summed E-state index contributed by atoms with van der Waals surface area (Å²) in [5, 5.41) is 23.6. The highest BCUT2D eigenvalue weighted by Crippen LogP contribution is 2.37. The van der Waals surface area contributed by atoms with E-state index in [2.05, 4.69) is 5.32 Å². The molecular formula is C16H25NO4. The van der Waals surface area contributed by atoms with Gasteiger partial charge in [-0.05, 0) is 30.5 Å². The van der Waals surface area contributed by atoms with Gasteiger partial charge in [-0.15, -0.1) is 0 Å². The van der Waals surface area contributed by atoms with Gasteiger partial charge in [-0.2, -0.15) is 0 Å². The van der Waals surface area contributed by atoms with Crippen molar-refractivity contribution in [1.29, 1.82) is 0 Å². The molecule has 1 fully saturated rings. The zero-order valence-electron chi connectivity index (χ0n) is 12.8. The maximum Gasteiger partial charge on any atom is 0.200 e. The van der Waals surface area contributed by atoms with Crippen LogP contribution >= 0.6 is 0 Å². The lowest BCUT2D eigenvalue weighted by Gasteiger charge is -2.32. The number of methoxy groups -OCH3 is 2. The second kappa shape index (κ2) is 7.00. The van der Waals surface area contributed by atoms with Crippen LogP contribution in [0.25, 0.3) is 0 Å². The fraction of sp³-hybridized carbons (Fsp3) is 0.625. The summed E-state index contributed by atoms with van der Waals surface area (Å²) in [6.07, 6.45) is 5.14. The van der Waals surface area contributed by atoms with Crippen LogP contribution in [0.4, 0.5) is 0 Å². The minimum absolute atomic E-state index is 0.00894. The van der Waals surface area contributed by atoms with Crippen molar-refractivity contribution in [2.24, 2.45) is 0 Å². The summed E-state index contributed by atoms with van der Waals surface area (Å²) in [5.74, 6) is 0.791. The number of hydrogen-bond acceptors (Lipinski definition) is 5. The van der Waals surface area contributed by atoms with E-state index in [0.717, 1.165) is 31.2 Å². The smallest absolute Gasteiger partial charge is 0.200 e. The third-order valence-electron chi connectivity index (χ3n) is 4.11. The summed E-state index contributed by atoms with van der Waals surface area (Å²) in [4.78, 5) is 0. The molecule has 1 aliphatic rings. The Labute approximate surface area is 125 Å². The highest BCUT2D eigenvalue weighted by molar-refractivity contribution is 5.52. The maximum absolute atomic E-state index is 10.4. The number of aromatic hydroxyl groups is 1. The maximum atomic E-state index is 10.4. The van der Waals surface area contributed by atoms with Crippen molar-refractivity contribution in [3.05, 3.63) is 17.7 Å². The van der Waals surface area contributed by atoms with Gasteiger partial charge in [0.15, 0.2) is 11.5 Å². The highest BCUT2D eigenvalue weighted by Gasteiger charge is 2.28. The van der Waals surface area contributed by atoms with E-state index in [-0.39, 0.29) is 5.75 Å². The van der Waals surface area contributed by atoms with E-state index in [1.54, 1.807) is 12.1 Å². The Kier molecular flexibility index (Phi) is 5.31. The number of nitrogens with one attached hydrogen (secondary N) is 1. The molecule has 3 N–H and O–H groups in total. The standard InChI is InChI=1S/C16H25NO4/c1-20-13-8-12(9-14(21-2)15(13)18)10-17-11-16(19)6-4-3-5-7-16/h8-9,17-19H,3-7,10-11H2,1-2H3. The van der Waals surface area contributed by atoms with Crippen molar-refractivity contribution in [3.63, 3.8) is 0 Å². The molecule has 0 saturated heterocycles. The summed E-state index contributed by atoms with van der Waals surface area (Å²) in [7, 11) is 3.02. The SMILES string of the molecule is COc1cc(CNCC2(O)CCCCC2)cc(OC)c1O. The molecule has 0 atom stereocenters. The van der Waals surface area contributed by atoms with Gasteiger partial charge in [-0.1, -0.05) is 19.3 Å². The van der Waals surface area contributed by atoms with Gasteiger partial charge in [0.25, 0.3) is 0 Å². The quantitative estimate of drug-likeness (QED) is 0.750. The first kappa shape index (κ1) is 15.9. The molecule has 118 valence electrons. The number of hydrogen-bond donors (Lipinski definition) is 3. The summed E-state index contributed by atoms with van der Waals surface area (Å²) in [6, 6.07) is 3.55. The van der Waals surface area contributed by atoms with Gasteiger partial charge < -0.3 is 25.0 Å². The molecule has 0 heterocycles. The molecule has 5 nitrogen and oxygen atoms in total. The Morgan fingerprint density at radius 3 is 2.19 bits per heavy atom. The summed E-state index contributed by atoms with van der Waals surface area (Å²) in [6.45, 7) is 1.17. The van der Waals surface area contributed by atoms with Crippen molar-refractivity contribution in [1.82, 2.24) is 5.32 Å². The molecule has 0 bridgehead atoms. The molecule has 1 aliphatic carbocycles. The van der Waals surface area contributed by atoms with E-state index in [0.29, 0.717) is 24.6 Å². The van der Waals surface area contributed by atoms with E-state index in [1.165, 1.54) is 20.6 Å². The van der Waals surface area contributed by atoms with Crippen LogP contribution < -0.4 is 14.8 Å². The first-order valence-corrected chi connectivity index (χ1v) is 7.45. The van der Waals surface area contributed by atoms with Gasteiger partial charge in [-0.3, -0.25) is 0 Å². The second-order valence-corrected chi connectivity index (χ2v) is 5.74. The third kappa shape index (κ3) is 4.02. The van der Waals surface area contributed by atoms with Crippen LogP contribution in [0.1, 0.15) is 37.7 Å². The van der Waals surface area contributed by atoms with E-state index < -0.39 is 5.60 Å². The molecule has 1 aromatic rings. The molecule has 0 unspecified atom stereocenters. The monoisotopic (exact) mass is 295 g/mol. The van der Waals surface area contributed by atoms with Crippen molar-refractivity contribution in [2.75, 3.05) is 20.8 Å². The van der Waals surface area contributed by atoms with Crippen LogP contribution in [-0.4, -0.2) is 36.6 Å². The van der Waals surface area contributed by atoms with Crippen LogP contribution in [0.15, 0.2) is 12.1 Å². The van der Waals surface area contributed by atoms with Crippen LogP contribution in [0.2, 0.25) is 0 Å². The van der Waals surface area contributed by atoms with E-state index in [4.69, 9.17) is 9.47 Å². The van der Waals surface area contributed by atoms with Gasteiger partial charge in [0.1, 0.15) is 0 Å². The average molecular weight is 295 g/mol. The zero-order valence-corrected chi connectivity index (χ0v) is 12.8. The molecule has 0 amide bonds. The third-order valence-corrected chi connectivity index (χ3v) is 4.11. The van der Waals surface area contributed by atoms with Gasteiger partial charge in [0.05, 0.1) is 19.8 Å². The lowest BCUT2D eigenvalue weighted by Crippen LogP contribution is -2.41. The molecule has 0 spiro atoms. The number of ether oxygens (including phenoxy) is 2. The summed E-state index contributed by atoms with van der Waals surface area (Å²) in [5.41, 5.74) is 0.365. The number of phenolic OH excluding ortho intramolecular Hbond substituents is 1. The molecule has 1 saturated carbocycles. The van der Waals surface area contributed by atoms with Crippen molar-refractivity contribution < 1.29 is 19.7 Å². The Balaban J connectivity index is 1.96. The molecule has 21 heavy (non-hydrogen) atoms. The Morgan fingerprint density at radius 2 is 1.67 bits per heavy atom. The van der Waals surface area contributed by atoms with E-state index >= 15 is 0 Å². The topological polar surface area (TPSA) is 71.0 Å². The first-order valence-electron chi connectivity index (χ1n) is 7.45. The van der Waals surface area contributed by atoms with Crippen LogP contribution in [0.3, 0.4) is 0 Å². The highest BCUT2D eigenvalue weighted by atomic mass is 16.5. The molecule has 5 heteroatoms. The van der Waals surface area contributed by atoms with Gasteiger partial charge in [-0.25, -0.2) is 0 Å².